The molecule has 4 nitrogen and oxygen atoms in total. The molecule has 0 aliphatic carbocycles. The van der Waals surface area contributed by atoms with Crippen LogP contribution < -0.4 is 0 Å². The zero-order chi connectivity index (χ0) is 4.50. The maximum absolute atomic E-state index is 8.74. The van der Waals surface area contributed by atoms with Gasteiger partial charge in [-0.3, -0.25) is 9.11 Å². The summed E-state index contributed by atoms with van der Waals surface area (Å²) in [7, 11) is -4.67. The number of rotatable bonds is 0. The first-order valence-electron chi connectivity index (χ1n) is 0.698. The quantitative estimate of drug-likeness (QED) is 0.437. The largest absolute Gasteiger partial charge is 2.00 e. The fourth-order valence-electron chi connectivity index (χ4n) is 0. The van der Waals surface area contributed by atoms with Crippen molar-refractivity contribution in [2.24, 2.45) is 0 Å². The van der Waals surface area contributed by atoms with E-state index in [-0.39, 0.29) is 67.9 Å². The Morgan fingerprint density at radius 1 is 1.29 bits per heavy atom. The van der Waals surface area contributed by atoms with Gasteiger partial charge in [-0.1, -0.05) is 0 Å². The molecule has 0 heterocycles. The second kappa shape index (κ2) is 6.18. The van der Waals surface area contributed by atoms with Crippen LogP contribution in [0.1, 0.15) is 2.85 Å². The van der Waals surface area contributed by atoms with Crippen molar-refractivity contribution in [3.8, 4) is 0 Å². The van der Waals surface area contributed by atoms with Gasteiger partial charge in [-0.25, -0.2) is 0 Å². The summed E-state index contributed by atoms with van der Waals surface area (Å²) in [4.78, 5) is 0. The molecule has 0 atom stereocenters. The Balaban J connectivity index is -0.0000000133. The smallest absolute Gasteiger partial charge is 1.00 e. The van der Waals surface area contributed by atoms with E-state index in [9.17, 15) is 0 Å². The molecule has 0 aromatic carbocycles. The van der Waals surface area contributed by atoms with Crippen LogP contribution in [0, 0.1) is 0 Å². The minimum atomic E-state index is -4.67. The Bertz CT molecular complexity index is 102. The van der Waals surface area contributed by atoms with E-state index in [0.717, 1.165) is 0 Å². The monoisotopic (exact) mass is 254 g/mol. The van der Waals surface area contributed by atoms with Crippen molar-refractivity contribution in [3.63, 3.8) is 0 Å². The van der Waals surface area contributed by atoms with Gasteiger partial charge in [0.1, 0.15) is 0 Å². The van der Waals surface area contributed by atoms with Crippen LogP contribution in [-0.2, 0) is 37.7 Å². The molecule has 0 aliphatic heterocycles. The third-order valence-corrected chi connectivity index (χ3v) is 0. The van der Waals surface area contributed by atoms with Crippen LogP contribution in [0.4, 0.5) is 0 Å². The van der Waals surface area contributed by atoms with Gasteiger partial charge in [-0.05, 0) is 0 Å². The second-order valence-corrected chi connectivity index (χ2v) is 1.34. The van der Waals surface area contributed by atoms with Crippen molar-refractivity contribution in [3.05, 3.63) is 0 Å². The molecule has 7 heavy (non-hydrogen) atoms. The Morgan fingerprint density at radius 3 is 1.29 bits per heavy atom. The first-order chi connectivity index (χ1) is 2.00. The fourth-order valence-corrected chi connectivity index (χ4v) is 0. The van der Waals surface area contributed by atoms with Crippen LogP contribution in [0.5, 0.6) is 0 Å². The third-order valence-electron chi connectivity index (χ3n) is 0. The Morgan fingerprint density at radius 2 is 1.29 bits per heavy atom. The Labute approximate surface area is 94.4 Å². The molecule has 0 bridgehead atoms. The average Bonchev–Trinajstić information content (AvgIpc) is 0.722. The van der Waals surface area contributed by atoms with Crippen LogP contribution in [-0.4, -0.2) is 55.3 Å². The van der Waals surface area contributed by atoms with E-state index in [4.69, 9.17) is 17.5 Å². The zero-order valence-corrected chi connectivity index (χ0v) is 10.6. The minimum Gasteiger partial charge on any atom is -1.00 e. The SMILES string of the molecule is O=S(=O)(O)O.[Ca+2].[Cd].[H-].[H-]. The fraction of sp³-hybridized carbons (Fsp3) is 0. The number of hydrogen-bond acceptors (Lipinski definition) is 2. The summed E-state index contributed by atoms with van der Waals surface area (Å²) in [5.41, 5.74) is 0. The van der Waals surface area contributed by atoms with Crippen LogP contribution in [0.2, 0.25) is 0 Å². The van der Waals surface area contributed by atoms with Gasteiger partial charge in [-0.15, -0.1) is 0 Å². The van der Waals surface area contributed by atoms with Gasteiger partial charge in [0.25, 0.3) is 0 Å². The minimum absolute atomic E-state index is 0. The molecular formula is H4CaCdO4S. The van der Waals surface area contributed by atoms with Gasteiger partial charge < -0.3 is 2.85 Å². The molecular weight excluding hydrogens is 249 g/mol. The normalized spacial score (nSPS) is 8.29. The van der Waals surface area contributed by atoms with Gasteiger partial charge in [0.15, 0.2) is 0 Å². The summed E-state index contributed by atoms with van der Waals surface area (Å²) >= 11 is 0. The first kappa shape index (κ1) is 16.0. The molecule has 0 spiro atoms. The van der Waals surface area contributed by atoms with Crippen molar-refractivity contribution in [2.75, 3.05) is 0 Å². The molecule has 0 radical (unpaired) electrons. The summed E-state index contributed by atoms with van der Waals surface area (Å²) in [6.07, 6.45) is 0. The van der Waals surface area contributed by atoms with Gasteiger partial charge in [0.05, 0.1) is 0 Å². The van der Waals surface area contributed by atoms with Crippen LogP contribution in [0.3, 0.4) is 0 Å². The maximum atomic E-state index is 8.74. The average molecular weight is 253 g/mol. The van der Waals surface area contributed by atoms with E-state index in [1.807, 2.05) is 0 Å². The summed E-state index contributed by atoms with van der Waals surface area (Å²) in [6.45, 7) is 0. The summed E-state index contributed by atoms with van der Waals surface area (Å²) < 4.78 is 31.6. The Kier molecular flexibility index (Phi) is 14.1. The van der Waals surface area contributed by atoms with Gasteiger partial charge in [0, 0.05) is 27.3 Å². The van der Waals surface area contributed by atoms with E-state index >= 15 is 0 Å². The van der Waals surface area contributed by atoms with Gasteiger partial charge in [-0.2, -0.15) is 8.42 Å². The van der Waals surface area contributed by atoms with Crippen molar-refractivity contribution >= 4 is 48.1 Å². The van der Waals surface area contributed by atoms with E-state index in [1.165, 1.54) is 0 Å². The Hall–Kier alpha value is 2.05. The molecule has 0 saturated carbocycles. The molecule has 0 aliphatic rings. The van der Waals surface area contributed by atoms with Crippen LogP contribution in [0.15, 0.2) is 0 Å². The first-order valence-corrected chi connectivity index (χ1v) is 2.10. The topological polar surface area (TPSA) is 74.6 Å². The maximum Gasteiger partial charge on any atom is 2.00 e. The van der Waals surface area contributed by atoms with Crippen molar-refractivity contribution in [1.82, 2.24) is 0 Å². The van der Waals surface area contributed by atoms with Gasteiger partial charge >= 0.3 is 48.1 Å². The van der Waals surface area contributed by atoms with Crippen LogP contribution >= 0.6 is 0 Å². The van der Waals surface area contributed by atoms with Crippen LogP contribution in [0.25, 0.3) is 0 Å². The standard InChI is InChI=1S/Ca.Cd.H2O4S.2H/c;;1-5(2,3)4;;/h;;(H2,1,2,3,4);;/q+2;;;2*-1. The summed E-state index contributed by atoms with van der Waals surface area (Å²) in [5.74, 6) is 0. The predicted molar refractivity (Wildman–Crippen MR) is 22.2 cm³/mol. The number of hydrogen-bond donors (Lipinski definition) is 2. The summed E-state index contributed by atoms with van der Waals surface area (Å²) in [5, 5.41) is 0. The molecule has 38 valence electrons. The molecule has 2 N–H and O–H groups in total. The third kappa shape index (κ3) is 70.0. The van der Waals surface area contributed by atoms with E-state index < -0.39 is 10.4 Å². The predicted octanol–water partition coefficient (Wildman–Crippen LogP) is -0.811. The zero-order valence-electron chi connectivity index (χ0n) is 5.53. The van der Waals surface area contributed by atoms with Crippen molar-refractivity contribution < 1.29 is 47.7 Å². The molecule has 0 saturated heterocycles. The molecule has 7 heteroatoms. The second-order valence-electron chi connectivity index (χ2n) is 0.448. The molecule has 0 amide bonds. The summed E-state index contributed by atoms with van der Waals surface area (Å²) in [6, 6.07) is 0. The van der Waals surface area contributed by atoms with Gasteiger partial charge in [0.2, 0.25) is 0 Å². The molecule has 0 fully saturated rings. The van der Waals surface area contributed by atoms with E-state index in [1.54, 1.807) is 0 Å². The van der Waals surface area contributed by atoms with E-state index in [2.05, 4.69) is 0 Å². The molecule has 0 aromatic rings. The van der Waals surface area contributed by atoms with Crippen molar-refractivity contribution in [1.29, 1.82) is 0 Å². The molecule has 0 aromatic heterocycles. The van der Waals surface area contributed by atoms with Crippen molar-refractivity contribution in [2.45, 2.75) is 0 Å². The van der Waals surface area contributed by atoms with E-state index in [0.29, 0.717) is 0 Å². The molecule has 0 unspecified atom stereocenters. The molecule has 0 rings (SSSR count).